The molecule has 0 amide bonds. The normalized spacial score (nSPS) is 11.6. The monoisotopic (exact) mass is 462 g/mol. The van der Waals surface area contributed by atoms with Crippen molar-refractivity contribution in [1.29, 1.82) is 0 Å². The fraction of sp³-hybridized carbons (Fsp3) is 0.192. The standard InChI is InChI=1S/C26H26N2O4S/c1-19-9-15-24(16-10-19)33(29,30)28(17-21-11-13-23(31-3)14-12-21)18-25-20(2)32-26(27-25)22-7-5-4-6-8-22/h4-16H,17-18H2,1-3H3. The van der Waals surface area contributed by atoms with Gasteiger partial charge in [0.25, 0.3) is 0 Å². The summed E-state index contributed by atoms with van der Waals surface area (Å²) in [7, 11) is -2.18. The van der Waals surface area contributed by atoms with Crippen LogP contribution in [0.1, 0.15) is 22.6 Å². The molecule has 0 spiro atoms. The molecule has 4 aromatic rings. The van der Waals surface area contributed by atoms with Crippen molar-refractivity contribution in [3.63, 3.8) is 0 Å². The second-order valence-electron chi connectivity index (χ2n) is 7.82. The Balaban J connectivity index is 1.69. The Morgan fingerprint density at radius 2 is 1.55 bits per heavy atom. The lowest BCUT2D eigenvalue weighted by molar-refractivity contribution is 0.393. The SMILES string of the molecule is COc1ccc(CN(Cc2nc(-c3ccccc3)oc2C)S(=O)(=O)c2ccc(C)cc2)cc1. The van der Waals surface area contributed by atoms with Gasteiger partial charge in [0.2, 0.25) is 15.9 Å². The van der Waals surface area contributed by atoms with E-state index in [0.717, 1.165) is 16.7 Å². The number of oxazole rings is 1. The van der Waals surface area contributed by atoms with Crippen molar-refractivity contribution in [3.05, 3.63) is 101 Å². The van der Waals surface area contributed by atoms with E-state index in [0.29, 0.717) is 23.1 Å². The molecular formula is C26H26N2O4S. The Labute approximate surface area is 194 Å². The van der Waals surface area contributed by atoms with Gasteiger partial charge in [-0.15, -0.1) is 0 Å². The summed E-state index contributed by atoms with van der Waals surface area (Å²) in [6, 6.07) is 23.8. The Morgan fingerprint density at radius 1 is 0.879 bits per heavy atom. The number of aromatic nitrogens is 1. The molecule has 4 rings (SSSR count). The van der Waals surface area contributed by atoms with Gasteiger partial charge in [0.15, 0.2) is 0 Å². The summed E-state index contributed by atoms with van der Waals surface area (Å²) in [4.78, 5) is 4.86. The van der Waals surface area contributed by atoms with E-state index in [4.69, 9.17) is 9.15 Å². The van der Waals surface area contributed by atoms with Crippen LogP contribution in [0.3, 0.4) is 0 Å². The van der Waals surface area contributed by atoms with Gasteiger partial charge in [-0.2, -0.15) is 4.31 Å². The second kappa shape index (κ2) is 9.60. The number of aryl methyl sites for hydroxylation is 2. The van der Waals surface area contributed by atoms with Gasteiger partial charge in [-0.1, -0.05) is 48.0 Å². The minimum absolute atomic E-state index is 0.0877. The minimum atomic E-state index is -3.78. The number of sulfonamides is 1. The van der Waals surface area contributed by atoms with Crippen LogP contribution in [0.2, 0.25) is 0 Å². The summed E-state index contributed by atoms with van der Waals surface area (Å²) in [5, 5.41) is 0. The molecule has 0 radical (unpaired) electrons. The average molecular weight is 463 g/mol. The molecule has 0 aliphatic carbocycles. The van der Waals surface area contributed by atoms with Crippen LogP contribution in [-0.4, -0.2) is 24.8 Å². The van der Waals surface area contributed by atoms with Crippen molar-refractivity contribution in [2.75, 3.05) is 7.11 Å². The predicted octanol–water partition coefficient (Wildman–Crippen LogP) is 5.36. The number of hydrogen-bond acceptors (Lipinski definition) is 5. The molecule has 3 aromatic carbocycles. The molecule has 33 heavy (non-hydrogen) atoms. The smallest absolute Gasteiger partial charge is 0.243 e. The number of benzene rings is 3. The first-order valence-corrected chi connectivity index (χ1v) is 12.0. The molecular weight excluding hydrogens is 436 g/mol. The van der Waals surface area contributed by atoms with Gasteiger partial charge in [-0.3, -0.25) is 0 Å². The average Bonchev–Trinajstić information content (AvgIpc) is 3.20. The Hall–Kier alpha value is -3.42. The Kier molecular flexibility index (Phi) is 6.62. The van der Waals surface area contributed by atoms with Crippen molar-refractivity contribution in [2.45, 2.75) is 31.8 Å². The number of rotatable bonds is 8. The molecule has 0 aliphatic rings. The molecule has 0 atom stereocenters. The van der Waals surface area contributed by atoms with Crippen LogP contribution in [0.15, 0.2) is 88.2 Å². The molecule has 0 saturated carbocycles. The maximum absolute atomic E-state index is 13.6. The summed E-state index contributed by atoms with van der Waals surface area (Å²) in [6.45, 7) is 4.01. The summed E-state index contributed by atoms with van der Waals surface area (Å²) in [5.74, 6) is 1.78. The summed E-state index contributed by atoms with van der Waals surface area (Å²) in [6.07, 6.45) is 0. The molecule has 6 nitrogen and oxygen atoms in total. The summed E-state index contributed by atoms with van der Waals surface area (Å²) >= 11 is 0. The van der Waals surface area contributed by atoms with E-state index >= 15 is 0 Å². The molecule has 7 heteroatoms. The third kappa shape index (κ3) is 5.16. The van der Waals surface area contributed by atoms with E-state index in [-0.39, 0.29) is 18.0 Å². The number of nitrogens with zero attached hydrogens (tertiary/aromatic N) is 2. The first-order valence-electron chi connectivity index (χ1n) is 10.6. The molecule has 170 valence electrons. The van der Waals surface area contributed by atoms with E-state index in [2.05, 4.69) is 4.98 Å². The lowest BCUT2D eigenvalue weighted by Crippen LogP contribution is -2.30. The van der Waals surface area contributed by atoms with Crippen LogP contribution in [0, 0.1) is 13.8 Å². The van der Waals surface area contributed by atoms with E-state index < -0.39 is 10.0 Å². The van der Waals surface area contributed by atoms with Gasteiger partial charge in [0.1, 0.15) is 11.5 Å². The highest BCUT2D eigenvalue weighted by molar-refractivity contribution is 7.89. The highest BCUT2D eigenvalue weighted by Gasteiger charge is 2.27. The van der Waals surface area contributed by atoms with E-state index in [1.807, 2.05) is 61.5 Å². The molecule has 0 aliphatic heterocycles. The molecule has 0 fully saturated rings. The van der Waals surface area contributed by atoms with Gasteiger partial charge in [-0.25, -0.2) is 13.4 Å². The first-order chi connectivity index (χ1) is 15.9. The second-order valence-corrected chi connectivity index (χ2v) is 9.76. The van der Waals surface area contributed by atoms with E-state index in [1.165, 1.54) is 4.31 Å². The van der Waals surface area contributed by atoms with Crippen molar-refractivity contribution < 1.29 is 17.6 Å². The van der Waals surface area contributed by atoms with Gasteiger partial charge in [-0.05, 0) is 55.8 Å². The fourth-order valence-corrected chi connectivity index (χ4v) is 4.86. The molecule has 1 aromatic heterocycles. The van der Waals surface area contributed by atoms with Crippen LogP contribution >= 0.6 is 0 Å². The zero-order valence-electron chi connectivity index (χ0n) is 18.9. The van der Waals surface area contributed by atoms with E-state index in [9.17, 15) is 8.42 Å². The number of ether oxygens (including phenoxy) is 1. The highest BCUT2D eigenvalue weighted by Crippen LogP contribution is 2.26. The van der Waals surface area contributed by atoms with Gasteiger partial charge in [0, 0.05) is 12.1 Å². The largest absolute Gasteiger partial charge is 0.497 e. The maximum atomic E-state index is 13.6. The Bertz CT molecular complexity index is 1310. The zero-order chi connectivity index (χ0) is 23.4. The number of hydrogen-bond donors (Lipinski definition) is 0. The van der Waals surface area contributed by atoms with E-state index in [1.54, 1.807) is 38.3 Å². The summed E-state index contributed by atoms with van der Waals surface area (Å²) in [5.41, 5.74) is 3.26. The van der Waals surface area contributed by atoms with Crippen molar-refractivity contribution >= 4 is 10.0 Å². The lowest BCUT2D eigenvalue weighted by atomic mass is 10.2. The first kappa shape index (κ1) is 22.8. The molecule has 1 heterocycles. The molecule has 0 unspecified atom stereocenters. The van der Waals surface area contributed by atoms with Crippen molar-refractivity contribution in [3.8, 4) is 17.2 Å². The van der Waals surface area contributed by atoms with Crippen molar-refractivity contribution in [2.24, 2.45) is 0 Å². The zero-order valence-corrected chi connectivity index (χ0v) is 19.7. The van der Waals surface area contributed by atoms with Gasteiger partial charge in [0.05, 0.1) is 24.2 Å². The van der Waals surface area contributed by atoms with Crippen LogP contribution in [0.4, 0.5) is 0 Å². The predicted molar refractivity (Wildman–Crippen MR) is 127 cm³/mol. The third-order valence-electron chi connectivity index (χ3n) is 5.42. The quantitative estimate of drug-likeness (QED) is 0.353. The minimum Gasteiger partial charge on any atom is -0.497 e. The van der Waals surface area contributed by atoms with Crippen LogP contribution in [0.25, 0.3) is 11.5 Å². The Morgan fingerprint density at radius 3 is 2.18 bits per heavy atom. The highest BCUT2D eigenvalue weighted by atomic mass is 32.2. The van der Waals surface area contributed by atoms with Crippen molar-refractivity contribution in [1.82, 2.24) is 9.29 Å². The third-order valence-corrected chi connectivity index (χ3v) is 7.22. The van der Waals surface area contributed by atoms with Crippen LogP contribution < -0.4 is 4.74 Å². The lowest BCUT2D eigenvalue weighted by Gasteiger charge is -2.22. The number of methoxy groups -OCH3 is 1. The molecule has 0 bridgehead atoms. The topological polar surface area (TPSA) is 72.6 Å². The van der Waals surface area contributed by atoms with Crippen LogP contribution in [-0.2, 0) is 23.1 Å². The fourth-order valence-electron chi connectivity index (χ4n) is 3.47. The maximum Gasteiger partial charge on any atom is 0.243 e. The van der Waals surface area contributed by atoms with Crippen LogP contribution in [0.5, 0.6) is 5.75 Å². The molecule has 0 N–H and O–H groups in total. The van der Waals surface area contributed by atoms with Gasteiger partial charge < -0.3 is 9.15 Å². The molecule has 0 saturated heterocycles. The summed E-state index contributed by atoms with van der Waals surface area (Å²) < 4.78 is 39.7. The van der Waals surface area contributed by atoms with Gasteiger partial charge >= 0.3 is 0 Å².